The summed E-state index contributed by atoms with van der Waals surface area (Å²) in [6, 6.07) is 24.2. The second kappa shape index (κ2) is 9.52. The molecule has 0 fully saturated rings. The molecule has 5 aromatic rings. The third kappa shape index (κ3) is 5.12. The van der Waals surface area contributed by atoms with Crippen LogP contribution in [0.15, 0.2) is 95.9 Å². The Balaban J connectivity index is 1.29. The molecular formula is C27H20FN3O3S2. The molecule has 0 aliphatic carbocycles. The second-order valence-electron chi connectivity index (χ2n) is 8.16. The maximum absolute atomic E-state index is 13.1. The zero-order valence-electron chi connectivity index (χ0n) is 19.0. The molecule has 180 valence electrons. The van der Waals surface area contributed by atoms with Gasteiger partial charge in [-0.25, -0.2) is 17.8 Å². The molecule has 0 aliphatic heterocycles. The van der Waals surface area contributed by atoms with E-state index in [1.165, 1.54) is 29.8 Å². The molecule has 0 unspecified atom stereocenters. The van der Waals surface area contributed by atoms with Crippen molar-refractivity contribution in [3.8, 4) is 10.6 Å². The van der Waals surface area contributed by atoms with Crippen LogP contribution in [0.1, 0.15) is 15.9 Å². The molecule has 0 bridgehead atoms. The summed E-state index contributed by atoms with van der Waals surface area (Å²) in [6.45, 7) is 2.05. The molecule has 0 saturated heterocycles. The summed E-state index contributed by atoms with van der Waals surface area (Å²) in [4.78, 5) is 17.4. The molecule has 0 spiro atoms. The van der Waals surface area contributed by atoms with Crippen molar-refractivity contribution in [2.24, 2.45) is 0 Å². The summed E-state index contributed by atoms with van der Waals surface area (Å²) in [7, 11) is -3.93. The van der Waals surface area contributed by atoms with Crippen molar-refractivity contribution in [1.82, 2.24) is 4.98 Å². The molecule has 4 aromatic carbocycles. The van der Waals surface area contributed by atoms with Crippen LogP contribution < -0.4 is 10.0 Å². The highest BCUT2D eigenvalue weighted by atomic mass is 32.2. The molecule has 2 N–H and O–H groups in total. The number of nitrogens with one attached hydrogen (secondary N) is 2. The van der Waals surface area contributed by atoms with E-state index in [1.54, 1.807) is 35.6 Å². The minimum atomic E-state index is -3.93. The van der Waals surface area contributed by atoms with E-state index < -0.39 is 15.8 Å². The van der Waals surface area contributed by atoms with E-state index >= 15 is 0 Å². The zero-order valence-corrected chi connectivity index (χ0v) is 20.7. The Morgan fingerprint density at radius 1 is 0.889 bits per heavy atom. The number of sulfonamides is 1. The number of halogens is 1. The normalized spacial score (nSPS) is 11.4. The monoisotopic (exact) mass is 517 g/mol. The topological polar surface area (TPSA) is 88.2 Å². The largest absolute Gasteiger partial charge is 0.322 e. The summed E-state index contributed by atoms with van der Waals surface area (Å²) in [5.41, 5.74) is 4.17. The van der Waals surface area contributed by atoms with Gasteiger partial charge in [0.05, 0.1) is 15.1 Å². The van der Waals surface area contributed by atoms with Gasteiger partial charge in [0.25, 0.3) is 15.9 Å². The Hall–Kier alpha value is -4.08. The van der Waals surface area contributed by atoms with Gasteiger partial charge in [0, 0.05) is 22.5 Å². The van der Waals surface area contributed by atoms with Crippen molar-refractivity contribution in [3.05, 3.63) is 108 Å². The van der Waals surface area contributed by atoms with Crippen LogP contribution in [-0.2, 0) is 10.0 Å². The molecule has 1 amide bonds. The smallest absolute Gasteiger partial charge is 0.261 e. The van der Waals surface area contributed by atoms with Crippen LogP contribution in [0.25, 0.3) is 20.8 Å². The van der Waals surface area contributed by atoms with Gasteiger partial charge in [-0.1, -0.05) is 12.1 Å². The van der Waals surface area contributed by atoms with E-state index in [4.69, 9.17) is 0 Å². The quantitative estimate of drug-likeness (QED) is 0.270. The number of fused-ring (bicyclic) bond motifs is 1. The van der Waals surface area contributed by atoms with Crippen molar-refractivity contribution >= 4 is 48.9 Å². The van der Waals surface area contributed by atoms with Crippen molar-refractivity contribution in [2.75, 3.05) is 10.0 Å². The first kappa shape index (κ1) is 23.7. The van der Waals surface area contributed by atoms with Crippen molar-refractivity contribution < 1.29 is 17.6 Å². The lowest BCUT2D eigenvalue weighted by molar-refractivity contribution is 0.102. The second-order valence-corrected chi connectivity index (χ2v) is 10.9. The SMILES string of the molecule is Cc1ccc2nc(-c3ccc(NC(=O)c4cccc(NS(=O)(=O)c5ccc(F)cc5)c4)cc3)sc2c1. The Bertz CT molecular complexity index is 1680. The first-order valence-electron chi connectivity index (χ1n) is 10.9. The first-order chi connectivity index (χ1) is 17.3. The number of anilines is 2. The highest BCUT2D eigenvalue weighted by molar-refractivity contribution is 7.92. The van der Waals surface area contributed by atoms with Crippen LogP contribution >= 0.6 is 11.3 Å². The maximum atomic E-state index is 13.1. The van der Waals surface area contributed by atoms with E-state index in [0.29, 0.717) is 5.69 Å². The van der Waals surface area contributed by atoms with Crippen LogP contribution in [0.3, 0.4) is 0 Å². The van der Waals surface area contributed by atoms with E-state index in [2.05, 4.69) is 21.1 Å². The lowest BCUT2D eigenvalue weighted by Gasteiger charge is -2.10. The van der Waals surface area contributed by atoms with E-state index in [9.17, 15) is 17.6 Å². The van der Waals surface area contributed by atoms with Gasteiger partial charge in [-0.2, -0.15) is 0 Å². The number of thiazole rings is 1. The summed E-state index contributed by atoms with van der Waals surface area (Å²) in [6.07, 6.45) is 0. The van der Waals surface area contributed by atoms with Crippen LogP contribution in [0.5, 0.6) is 0 Å². The fraction of sp³-hybridized carbons (Fsp3) is 0.0370. The summed E-state index contributed by atoms with van der Waals surface area (Å²) < 4.78 is 41.8. The maximum Gasteiger partial charge on any atom is 0.261 e. The number of aryl methyl sites for hydroxylation is 1. The summed E-state index contributed by atoms with van der Waals surface area (Å²) in [5.74, 6) is -0.920. The van der Waals surface area contributed by atoms with Crippen LogP contribution in [-0.4, -0.2) is 19.3 Å². The molecular weight excluding hydrogens is 497 g/mol. The van der Waals surface area contributed by atoms with Crippen molar-refractivity contribution in [2.45, 2.75) is 11.8 Å². The first-order valence-corrected chi connectivity index (χ1v) is 13.2. The summed E-state index contributed by atoms with van der Waals surface area (Å²) in [5, 5.41) is 3.72. The van der Waals surface area contributed by atoms with Gasteiger partial charge in [0.15, 0.2) is 0 Å². The van der Waals surface area contributed by atoms with Gasteiger partial charge >= 0.3 is 0 Å². The number of nitrogens with zero attached hydrogens (tertiary/aromatic N) is 1. The number of hydrogen-bond acceptors (Lipinski definition) is 5. The minimum Gasteiger partial charge on any atom is -0.322 e. The number of aromatic nitrogens is 1. The molecule has 1 heterocycles. The number of carbonyl (C=O) groups excluding carboxylic acids is 1. The molecule has 1 aromatic heterocycles. The Morgan fingerprint density at radius 2 is 1.64 bits per heavy atom. The number of amides is 1. The average molecular weight is 518 g/mol. The Morgan fingerprint density at radius 3 is 2.39 bits per heavy atom. The number of rotatable bonds is 6. The zero-order chi connectivity index (χ0) is 25.3. The number of carbonyl (C=O) groups is 1. The van der Waals surface area contributed by atoms with E-state index in [-0.39, 0.29) is 22.1 Å². The Labute approximate surface area is 211 Å². The molecule has 0 saturated carbocycles. The third-order valence-electron chi connectivity index (χ3n) is 5.43. The summed E-state index contributed by atoms with van der Waals surface area (Å²) >= 11 is 1.61. The fourth-order valence-electron chi connectivity index (χ4n) is 3.61. The van der Waals surface area contributed by atoms with Crippen molar-refractivity contribution in [1.29, 1.82) is 0 Å². The molecule has 5 rings (SSSR count). The minimum absolute atomic E-state index is 0.0814. The Kier molecular flexibility index (Phi) is 6.26. The highest BCUT2D eigenvalue weighted by Crippen LogP contribution is 2.31. The van der Waals surface area contributed by atoms with Gasteiger partial charge < -0.3 is 5.32 Å². The lowest BCUT2D eigenvalue weighted by Crippen LogP contribution is -2.15. The fourth-order valence-corrected chi connectivity index (χ4v) is 5.73. The molecule has 0 aliphatic rings. The van der Waals surface area contributed by atoms with Gasteiger partial charge in [-0.05, 0) is 91.3 Å². The average Bonchev–Trinajstić information content (AvgIpc) is 3.28. The van der Waals surface area contributed by atoms with Gasteiger partial charge in [0.1, 0.15) is 10.8 Å². The van der Waals surface area contributed by atoms with Gasteiger partial charge in [-0.3, -0.25) is 9.52 Å². The molecule has 9 heteroatoms. The predicted molar refractivity (Wildman–Crippen MR) is 141 cm³/mol. The van der Waals surface area contributed by atoms with Crippen molar-refractivity contribution in [3.63, 3.8) is 0 Å². The van der Waals surface area contributed by atoms with Crippen LogP contribution in [0.2, 0.25) is 0 Å². The lowest BCUT2D eigenvalue weighted by atomic mass is 10.1. The van der Waals surface area contributed by atoms with E-state index in [1.807, 2.05) is 31.2 Å². The third-order valence-corrected chi connectivity index (χ3v) is 7.90. The van der Waals surface area contributed by atoms with Gasteiger partial charge in [0.2, 0.25) is 0 Å². The van der Waals surface area contributed by atoms with E-state index in [0.717, 1.165) is 32.9 Å². The molecule has 6 nitrogen and oxygen atoms in total. The predicted octanol–water partition coefficient (Wildman–Crippen LogP) is 6.46. The molecule has 0 atom stereocenters. The van der Waals surface area contributed by atoms with Crippen LogP contribution in [0.4, 0.5) is 15.8 Å². The standard InChI is InChI=1S/C27H20FN3O3S2/c1-17-5-14-24-25(15-17)35-27(30-24)18-6-10-21(11-7-18)29-26(32)19-3-2-4-22(16-19)31-36(33,34)23-12-8-20(28)9-13-23/h2-16,31H,1H3,(H,29,32). The van der Waals surface area contributed by atoms with Crippen LogP contribution in [0, 0.1) is 12.7 Å². The molecule has 0 radical (unpaired) electrons. The van der Waals surface area contributed by atoms with Gasteiger partial charge in [-0.15, -0.1) is 11.3 Å². The highest BCUT2D eigenvalue weighted by Gasteiger charge is 2.15. The number of benzene rings is 4. The molecule has 36 heavy (non-hydrogen) atoms. The number of hydrogen-bond donors (Lipinski definition) is 2.